The maximum Gasteiger partial charge on any atom is 0.573 e. The van der Waals surface area contributed by atoms with Crippen LogP contribution in [0.4, 0.5) is 13.2 Å². The Bertz CT molecular complexity index is 534. The molecule has 0 heterocycles. The Hall–Kier alpha value is -2.27. The molecule has 0 unspecified atom stereocenters. The predicted molar refractivity (Wildman–Crippen MR) is 55.1 cm³/mol. The Morgan fingerprint density at radius 3 is 2.53 bits per heavy atom. The Kier molecular flexibility index (Phi) is 4.34. The number of hydrogen-bond donors (Lipinski definition) is 1. The van der Waals surface area contributed by atoms with E-state index in [1.54, 1.807) is 0 Å². The van der Waals surface area contributed by atoms with Crippen molar-refractivity contribution in [1.82, 2.24) is 0 Å². The number of nitrogens with zero attached hydrogens (tertiary/aromatic N) is 1. The third-order valence-electron chi connectivity index (χ3n) is 2.14. The van der Waals surface area contributed by atoms with Gasteiger partial charge >= 0.3 is 12.3 Å². The first-order valence-corrected chi connectivity index (χ1v) is 4.85. The largest absolute Gasteiger partial charge is 0.573 e. The van der Waals surface area contributed by atoms with Gasteiger partial charge in [0, 0.05) is 0 Å². The van der Waals surface area contributed by atoms with Gasteiger partial charge in [-0.1, -0.05) is 6.07 Å². The van der Waals surface area contributed by atoms with Crippen LogP contribution < -0.4 is 4.74 Å². The monoisotopic (exact) mass is 275 g/mol. The predicted octanol–water partition coefficient (Wildman–Crippen LogP) is 1.74. The van der Waals surface area contributed by atoms with Crippen molar-refractivity contribution in [3.8, 4) is 11.8 Å². The highest BCUT2D eigenvalue weighted by molar-refractivity contribution is 5.95. The van der Waals surface area contributed by atoms with Crippen molar-refractivity contribution in [1.29, 1.82) is 5.26 Å². The number of hydrogen-bond acceptors (Lipinski definition) is 5. The van der Waals surface area contributed by atoms with Crippen molar-refractivity contribution in [2.24, 2.45) is 0 Å². The highest BCUT2D eigenvalue weighted by Gasteiger charge is 2.35. The number of carbonyl (C=O) groups excluding carboxylic acids is 1. The van der Waals surface area contributed by atoms with Gasteiger partial charge in [0.25, 0.3) is 0 Å². The first kappa shape index (κ1) is 14.8. The normalized spacial score (nSPS) is 10.7. The van der Waals surface area contributed by atoms with Crippen molar-refractivity contribution in [2.45, 2.75) is 13.0 Å². The summed E-state index contributed by atoms with van der Waals surface area (Å²) < 4.78 is 44.9. The molecule has 0 amide bonds. The molecule has 0 bridgehead atoms. The Labute approximate surface area is 105 Å². The third kappa shape index (κ3) is 3.35. The number of nitriles is 1. The standard InChI is InChI=1S/C11H8F3NO4/c1-18-10(17)8-7(5-16)3-2-6(4-15)9(8)19-11(12,13)14/h2-3,16H,5H2,1H3. The van der Waals surface area contributed by atoms with Gasteiger partial charge < -0.3 is 14.6 Å². The highest BCUT2D eigenvalue weighted by atomic mass is 19.4. The van der Waals surface area contributed by atoms with E-state index in [1.807, 2.05) is 0 Å². The fraction of sp³-hybridized carbons (Fsp3) is 0.273. The molecule has 0 fully saturated rings. The zero-order valence-electron chi connectivity index (χ0n) is 9.61. The number of rotatable bonds is 3. The zero-order valence-corrected chi connectivity index (χ0v) is 9.61. The molecule has 8 heteroatoms. The summed E-state index contributed by atoms with van der Waals surface area (Å²) >= 11 is 0. The lowest BCUT2D eigenvalue weighted by molar-refractivity contribution is -0.274. The number of ether oxygens (including phenoxy) is 2. The number of carbonyl (C=O) groups is 1. The summed E-state index contributed by atoms with van der Waals surface area (Å²) in [7, 11) is 0.958. The summed E-state index contributed by atoms with van der Waals surface area (Å²) in [5.41, 5.74) is -1.25. The van der Waals surface area contributed by atoms with Crippen molar-refractivity contribution in [3.05, 3.63) is 28.8 Å². The SMILES string of the molecule is COC(=O)c1c(CO)ccc(C#N)c1OC(F)(F)F. The molecule has 1 aromatic rings. The lowest BCUT2D eigenvalue weighted by atomic mass is 10.0. The van der Waals surface area contributed by atoms with Gasteiger partial charge in [-0.15, -0.1) is 13.2 Å². The maximum atomic E-state index is 12.3. The molecule has 1 aromatic carbocycles. The zero-order chi connectivity index (χ0) is 14.6. The molecule has 0 aliphatic rings. The Morgan fingerprint density at radius 1 is 1.47 bits per heavy atom. The fourth-order valence-electron chi connectivity index (χ4n) is 1.39. The van der Waals surface area contributed by atoms with Crippen LogP contribution in [-0.4, -0.2) is 24.5 Å². The van der Waals surface area contributed by atoms with E-state index in [1.165, 1.54) is 6.07 Å². The van der Waals surface area contributed by atoms with Gasteiger partial charge in [0.2, 0.25) is 0 Å². The van der Waals surface area contributed by atoms with E-state index in [-0.39, 0.29) is 5.56 Å². The van der Waals surface area contributed by atoms with Gasteiger partial charge in [-0.2, -0.15) is 5.26 Å². The summed E-state index contributed by atoms with van der Waals surface area (Å²) in [6, 6.07) is 3.63. The summed E-state index contributed by atoms with van der Waals surface area (Å²) in [5, 5.41) is 17.8. The van der Waals surface area contributed by atoms with Crippen LogP contribution in [0, 0.1) is 11.3 Å². The minimum absolute atomic E-state index is 0.134. The van der Waals surface area contributed by atoms with Crippen LogP contribution in [0.2, 0.25) is 0 Å². The molecule has 0 atom stereocenters. The van der Waals surface area contributed by atoms with Crippen LogP contribution in [0.5, 0.6) is 5.75 Å². The maximum absolute atomic E-state index is 12.3. The molecule has 0 aliphatic heterocycles. The summed E-state index contributed by atoms with van der Waals surface area (Å²) in [6.07, 6.45) is -5.08. The number of aliphatic hydroxyl groups excluding tert-OH is 1. The second kappa shape index (κ2) is 5.58. The first-order chi connectivity index (χ1) is 8.84. The van der Waals surface area contributed by atoms with E-state index in [4.69, 9.17) is 10.4 Å². The molecule has 1 N–H and O–H groups in total. The van der Waals surface area contributed by atoms with Crippen LogP contribution in [0.15, 0.2) is 12.1 Å². The lowest BCUT2D eigenvalue weighted by Gasteiger charge is -2.15. The number of alkyl halides is 3. The van der Waals surface area contributed by atoms with E-state index in [0.717, 1.165) is 19.2 Å². The second-order valence-electron chi connectivity index (χ2n) is 3.29. The average molecular weight is 275 g/mol. The van der Waals surface area contributed by atoms with E-state index < -0.39 is 35.8 Å². The number of esters is 1. The van der Waals surface area contributed by atoms with Crippen molar-refractivity contribution < 1.29 is 32.5 Å². The van der Waals surface area contributed by atoms with Crippen LogP contribution in [0.25, 0.3) is 0 Å². The van der Waals surface area contributed by atoms with Crippen LogP contribution >= 0.6 is 0 Å². The summed E-state index contributed by atoms with van der Waals surface area (Å²) in [6.45, 7) is -0.704. The van der Waals surface area contributed by atoms with Gasteiger partial charge in [-0.25, -0.2) is 4.79 Å². The molecule has 0 aliphatic carbocycles. The number of halogens is 3. The summed E-state index contributed by atoms with van der Waals surface area (Å²) in [4.78, 5) is 11.5. The van der Waals surface area contributed by atoms with E-state index in [9.17, 15) is 18.0 Å². The van der Waals surface area contributed by atoms with E-state index in [2.05, 4.69) is 9.47 Å². The average Bonchev–Trinajstić information content (AvgIpc) is 2.35. The Morgan fingerprint density at radius 2 is 2.11 bits per heavy atom. The highest BCUT2D eigenvalue weighted by Crippen LogP contribution is 2.32. The lowest BCUT2D eigenvalue weighted by Crippen LogP contribution is -2.21. The third-order valence-corrected chi connectivity index (χ3v) is 2.14. The molecule has 0 saturated heterocycles. The van der Waals surface area contributed by atoms with Crippen LogP contribution in [0.1, 0.15) is 21.5 Å². The summed E-state index contributed by atoms with van der Waals surface area (Å²) in [5.74, 6) is -2.12. The van der Waals surface area contributed by atoms with Crippen LogP contribution in [0.3, 0.4) is 0 Å². The Balaban J connectivity index is 3.53. The van der Waals surface area contributed by atoms with Crippen molar-refractivity contribution in [3.63, 3.8) is 0 Å². The number of methoxy groups -OCH3 is 1. The fourth-order valence-corrected chi connectivity index (χ4v) is 1.39. The molecule has 0 spiro atoms. The molecule has 1 rings (SSSR count). The molecular weight excluding hydrogens is 267 g/mol. The molecule has 0 radical (unpaired) electrons. The molecular formula is C11H8F3NO4. The van der Waals surface area contributed by atoms with Gasteiger partial charge in [0.1, 0.15) is 11.6 Å². The molecule has 102 valence electrons. The smallest absolute Gasteiger partial charge is 0.465 e. The topological polar surface area (TPSA) is 79.5 Å². The van der Waals surface area contributed by atoms with Gasteiger partial charge in [0.15, 0.2) is 5.75 Å². The van der Waals surface area contributed by atoms with Gasteiger partial charge in [-0.05, 0) is 11.6 Å². The quantitative estimate of drug-likeness (QED) is 0.850. The van der Waals surface area contributed by atoms with E-state index >= 15 is 0 Å². The molecule has 0 aromatic heterocycles. The van der Waals surface area contributed by atoms with Crippen molar-refractivity contribution in [2.75, 3.05) is 7.11 Å². The number of benzene rings is 1. The first-order valence-electron chi connectivity index (χ1n) is 4.85. The molecule has 0 saturated carbocycles. The number of aliphatic hydroxyl groups is 1. The molecule has 5 nitrogen and oxygen atoms in total. The second-order valence-corrected chi connectivity index (χ2v) is 3.29. The van der Waals surface area contributed by atoms with Gasteiger partial charge in [-0.3, -0.25) is 0 Å². The van der Waals surface area contributed by atoms with Crippen molar-refractivity contribution >= 4 is 5.97 Å². The minimum atomic E-state index is -5.08. The van der Waals surface area contributed by atoms with E-state index in [0.29, 0.717) is 0 Å². The van der Waals surface area contributed by atoms with Gasteiger partial charge in [0.05, 0.1) is 19.3 Å². The minimum Gasteiger partial charge on any atom is -0.465 e. The van der Waals surface area contributed by atoms with Crippen LogP contribution in [-0.2, 0) is 11.3 Å². The molecule has 19 heavy (non-hydrogen) atoms.